The first kappa shape index (κ1) is 29.3. The number of likely N-dealkylation sites (N-methyl/N-ethyl adjacent to an activating group) is 1. The summed E-state index contributed by atoms with van der Waals surface area (Å²) in [5.41, 5.74) is 2.00. The fourth-order valence-corrected chi connectivity index (χ4v) is 3.97. The van der Waals surface area contributed by atoms with Crippen LogP contribution in [-0.2, 0) is 25.7 Å². The van der Waals surface area contributed by atoms with E-state index in [0.29, 0.717) is 38.7 Å². The van der Waals surface area contributed by atoms with Crippen molar-refractivity contribution in [3.8, 4) is 11.1 Å². The molecule has 0 bridgehead atoms. The van der Waals surface area contributed by atoms with E-state index in [1.54, 1.807) is 45.1 Å². The number of carbonyl (C=O) groups excluding carboxylic acids is 3. The van der Waals surface area contributed by atoms with E-state index >= 15 is 0 Å². The predicted octanol–water partition coefficient (Wildman–Crippen LogP) is 2.14. The summed E-state index contributed by atoms with van der Waals surface area (Å²) in [4.78, 5) is 61.3. The van der Waals surface area contributed by atoms with Gasteiger partial charge in [-0.1, -0.05) is 18.2 Å². The molecule has 210 valence electrons. The van der Waals surface area contributed by atoms with Gasteiger partial charge in [-0.05, 0) is 38.0 Å². The molecule has 1 saturated heterocycles. The molecule has 2 aromatic rings. The second-order valence-corrected chi connectivity index (χ2v) is 10.3. The van der Waals surface area contributed by atoms with Crippen molar-refractivity contribution in [1.82, 2.24) is 25.1 Å². The molecule has 1 fully saturated rings. The summed E-state index contributed by atoms with van der Waals surface area (Å²) in [5.74, 6) is -0.813. The second kappa shape index (κ2) is 13.0. The number of nitrogens with one attached hydrogen (secondary N) is 1. The molecule has 1 aromatic heterocycles. The number of carboxylic acids is 1. The smallest absolute Gasteiger partial charge is 0.408 e. The molecule has 12 heteroatoms. The monoisotopic (exact) mass is 540 g/mol. The maximum atomic E-state index is 12.5. The SMILES string of the molecule is CN(Cc1cccc(-c2cnc(N3CCN(C(=O)CCC(=O)O)CC3)nc2)c1)C(=O)CNC(=O)OC(C)(C)C. The Balaban J connectivity index is 1.53. The Hall–Kier alpha value is -4.22. The molecule has 2 heterocycles. The largest absolute Gasteiger partial charge is 0.481 e. The number of ether oxygens (including phenoxy) is 1. The number of piperazine rings is 1. The fourth-order valence-electron chi connectivity index (χ4n) is 3.97. The van der Waals surface area contributed by atoms with Crippen molar-refractivity contribution in [2.75, 3.05) is 44.7 Å². The van der Waals surface area contributed by atoms with E-state index in [-0.39, 0.29) is 31.2 Å². The van der Waals surface area contributed by atoms with Crippen LogP contribution < -0.4 is 10.2 Å². The average molecular weight is 541 g/mol. The first-order valence-corrected chi connectivity index (χ1v) is 12.8. The third-order valence-electron chi connectivity index (χ3n) is 5.99. The molecule has 0 saturated carbocycles. The van der Waals surface area contributed by atoms with E-state index in [9.17, 15) is 19.2 Å². The highest BCUT2D eigenvalue weighted by molar-refractivity contribution is 5.82. The lowest BCUT2D eigenvalue weighted by atomic mass is 10.1. The van der Waals surface area contributed by atoms with Crippen molar-refractivity contribution in [1.29, 1.82) is 0 Å². The number of amides is 3. The number of alkyl carbamates (subject to hydrolysis) is 1. The molecule has 1 aromatic carbocycles. The molecule has 0 radical (unpaired) electrons. The molecule has 0 aliphatic carbocycles. The first-order chi connectivity index (χ1) is 18.4. The van der Waals surface area contributed by atoms with Crippen LogP contribution in [0.2, 0.25) is 0 Å². The number of aromatic nitrogens is 2. The molecule has 2 N–H and O–H groups in total. The standard InChI is InChI=1S/C27H36N6O6/c1-27(2,3)39-26(38)30-17-23(35)31(4)18-19-6-5-7-20(14-19)21-15-28-25(29-16-21)33-12-10-32(11-13-33)22(34)8-9-24(36)37/h5-7,14-16H,8-13,17-18H2,1-4H3,(H,30,38)(H,36,37). The predicted molar refractivity (Wildman–Crippen MR) is 144 cm³/mol. The average Bonchev–Trinajstić information content (AvgIpc) is 2.89. The minimum Gasteiger partial charge on any atom is -0.481 e. The van der Waals surface area contributed by atoms with E-state index in [2.05, 4.69) is 15.3 Å². The highest BCUT2D eigenvalue weighted by Gasteiger charge is 2.23. The number of benzene rings is 1. The number of rotatable bonds is 9. The van der Waals surface area contributed by atoms with Gasteiger partial charge in [-0.15, -0.1) is 0 Å². The molecule has 0 atom stereocenters. The Morgan fingerprint density at radius 2 is 1.69 bits per heavy atom. The Morgan fingerprint density at radius 3 is 2.31 bits per heavy atom. The van der Waals surface area contributed by atoms with Crippen LogP contribution in [0.1, 0.15) is 39.2 Å². The van der Waals surface area contributed by atoms with E-state index < -0.39 is 17.7 Å². The van der Waals surface area contributed by atoms with Gasteiger partial charge in [-0.25, -0.2) is 14.8 Å². The number of aliphatic carboxylic acids is 1. The summed E-state index contributed by atoms with van der Waals surface area (Å²) >= 11 is 0. The molecule has 1 aliphatic heterocycles. The van der Waals surface area contributed by atoms with Gasteiger partial charge in [0.25, 0.3) is 0 Å². The van der Waals surface area contributed by atoms with E-state index in [4.69, 9.17) is 9.84 Å². The van der Waals surface area contributed by atoms with Crippen LogP contribution in [0.4, 0.5) is 10.7 Å². The lowest BCUT2D eigenvalue weighted by molar-refractivity contribution is -0.141. The number of carbonyl (C=O) groups is 4. The summed E-state index contributed by atoms with van der Waals surface area (Å²) in [6.07, 6.45) is 2.69. The van der Waals surface area contributed by atoms with Crippen LogP contribution in [-0.4, -0.2) is 94.1 Å². The van der Waals surface area contributed by atoms with Crippen molar-refractivity contribution in [3.05, 3.63) is 42.2 Å². The third-order valence-corrected chi connectivity index (χ3v) is 5.99. The summed E-state index contributed by atoms with van der Waals surface area (Å²) in [7, 11) is 1.67. The van der Waals surface area contributed by atoms with Gasteiger partial charge in [0.2, 0.25) is 17.8 Å². The van der Waals surface area contributed by atoms with Crippen LogP contribution in [0.15, 0.2) is 36.7 Å². The Labute approximate surface area is 228 Å². The van der Waals surface area contributed by atoms with Crippen molar-refractivity contribution < 1.29 is 29.0 Å². The van der Waals surface area contributed by atoms with E-state index in [1.165, 1.54) is 4.90 Å². The summed E-state index contributed by atoms with van der Waals surface area (Å²) < 4.78 is 5.16. The molecular weight excluding hydrogens is 504 g/mol. The van der Waals surface area contributed by atoms with Crippen LogP contribution in [0.3, 0.4) is 0 Å². The summed E-state index contributed by atoms with van der Waals surface area (Å²) in [5, 5.41) is 11.2. The van der Waals surface area contributed by atoms with Crippen molar-refractivity contribution >= 4 is 29.8 Å². The lowest BCUT2D eigenvalue weighted by Gasteiger charge is -2.34. The molecule has 0 spiro atoms. The Kier molecular flexibility index (Phi) is 9.80. The van der Waals surface area contributed by atoms with Gasteiger partial charge in [0.15, 0.2) is 0 Å². The highest BCUT2D eigenvalue weighted by atomic mass is 16.6. The normalized spacial score (nSPS) is 13.5. The molecular formula is C27H36N6O6. The van der Waals surface area contributed by atoms with Crippen molar-refractivity contribution in [2.24, 2.45) is 0 Å². The zero-order valence-electron chi connectivity index (χ0n) is 22.8. The van der Waals surface area contributed by atoms with Gasteiger partial charge >= 0.3 is 12.1 Å². The fraction of sp³-hybridized carbons (Fsp3) is 0.481. The number of carboxylic acid groups (broad SMARTS) is 1. The summed E-state index contributed by atoms with van der Waals surface area (Å²) in [6, 6.07) is 7.72. The number of nitrogens with zero attached hydrogens (tertiary/aromatic N) is 5. The number of hydrogen-bond acceptors (Lipinski definition) is 8. The number of anilines is 1. The molecule has 12 nitrogen and oxygen atoms in total. The zero-order valence-corrected chi connectivity index (χ0v) is 22.8. The van der Waals surface area contributed by atoms with Gasteiger partial charge in [0, 0.05) is 64.1 Å². The highest BCUT2D eigenvalue weighted by Crippen LogP contribution is 2.21. The molecule has 39 heavy (non-hydrogen) atoms. The Bertz CT molecular complexity index is 1170. The molecule has 3 amide bonds. The minimum atomic E-state index is -0.978. The second-order valence-electron chi connectivity index (χ2n) is 10.3. The number of hydrogen-bond donors (Lipinski definition) is 2. The zero-order chi connectivity index (χ0) is 28.6. The van der Waals surface area contributed by atoms with Crippen LogP contribution in [0.5, 0.6) is 0 Å². The van der Waals surface area contributed by atoms with Crippen LogP contribution in [0.25, 0.3) is 11.1 Å². The van der Waals surface area contributed by atoms with Crippen molar-refractivity contribution in [2.45, 2.75) is 45.8 Å². The third kappa shape index (κ3) is 9.24. The van der Waals surface area contributed by atoms with Gasteiger partial charge in [-0.2, -0.15) is 0 Å². The van der Waals surface area contributed by atoms with E-state index in [0.717, 1.165) is 16.7 Å². The topological polar surface area (TPSA) is 145 Å². The van der Waals surface area contributed by atoms with Crippen molar-refractivity contribution in [3.63, 3.8) is 0 Å². The van der Waals surface area contributed by atoms with Gasteiger partial charge in [-0.3, -0.25) is 14.4 Å². The molecule has 3 rings (SSSR count). The van der Waals surface area contributed by atoms with Gasteiger partial charge in [0.05, 0.1) is 6.42 Å². The van der Waals surface area contributed by atoms with Gasteiger partial charge in [0.1, 0.15) is 12.1 Å². The van der Waals surface area contributed by atoms with E-state index in [1.807, 2.05) is 29.2 Å². The summed E-state index contributed by atoms with van der Waals surface area (Å²) in [6.45, 7) is 7.58. The minimum absolute atomic E-state index is 0.00646. The maximum absolute atomic E-state index is 12.5. The first-order valence-electron chi connectivity index (χ1n) is 12.8. The Morgan fingerprint density at radius 1 is 1.03 bits per heavy atom. The lowest BCUT2D eigenvalue weighted by Crippen LogP contribution is -2.49. The van der Waals surface area contributed by atoms with Crippen LogP contribution >= 0.6 is 0 Å². The van der Waals surface area contributed by atoms with Crippen LogP contribution in [0, 0.1) is 0 Å². The maximum Gasteiger partial charge on any atom is 0.408 e. The quantitative estimate of drug-likeness (QED) is 0.488. The molecule has 0 unspecified atom stereocenters. The van der Waals surface area contributed by atoms with Gasteiger partial charge < -0.3 is 29.9 Å². The molecule has 1 aliphatic rings.